The smallest absolute Gasteiger partial charge is 0.301 e. The van der Waals surface area contributed by atoms with Crippen molar-refractivity contribution in [1.82, 2.24) is 4.98 Å². The number of aliphatic hydroxyl groups excluding tert-OH is 1. The predicted octanol–water partition coefficient (Wildman–Crippen LogP) is 4.84. The van der Waals surface area contributed by atoms with E-state index >= 15 is 0 Å². The monoisotopic (exact) mass is 518 g/mol. The Hall–Kier alpha value is -4.44. The number of fused-ring (bicyclic) bond motifs is 2. The van der Waals surface area contributed by atoms with Crippen LogP contribution in [0.5, 0.6) is 17.2 Å². The van der Waals surface area contributed by atoms with Gasteiger partial charge in [-0.3, -0.25) is 14.5 Å². The lowest BCUT2D eigenvalue weighted by Crippen LogP contribution is -2.29. The molecule has 0 bridgehead atoms. The summed E-state index contributed by atoms with van der Waals surface area (Å²) in [5, 5.41) is 11.6. The first-order valence-corrected chi connectivity index (χ1v) is 12.2. The van der Waals surface area contributed by atoms with Crippen LogP contribution in [0.25, 0.3) is 16.0 Å². The van der Waals surface area contributed by atoms with Gasteiger partial charge in [0.2, 0.25) is 0 Å². The number of carbonyl (C=O) groups is 2. The van der Waals surface area contributed by atoms with Crippen molar-refractivity contribution in [1.29, 1.82) is 0 Å². The number of hydrogen-bond acceptors (Lipinski definition) is 8. The number of halogens is 1. The Morgan fingerprint density at radius 2 is 1.89 bits per heavy atom. The van der Waals surface area contributed by atoms with Crippen molar-refractivity contribution in [3.8, 4) is 17.2 Å². The van der Waals surface area contributed by atoms with Gasteiger partial charge in [-0.1, -0.05) is 23.5 Å². The van der Waals surface area contributed by atoms with E-state index in [1.54, 1.807) is 42.5 Å². The number of rotatable bonds is 4. The van der Waals surface area contributed by atoms with Crippen molar-refractivity contribution in [2.24, 2.45) is 0 Å². The molecule has 1 fully saturated rings. The highest BCUT2D eigenvalue weighted by Gasteiger charge is 2.48. The second-order valence-corrected chi connectivity index (χ2v) is 9.42. The molecule has 1 saturated heterocycles. The lowest BCUT2D eigenvalue weighted by Gasteiger charge is -2.23. The van der Waals surface area contributed by atoms with E-state index in [2.05, 4.69) is 4.98 Å². The van der Waals surface area contributed by atoms with Crippen molar-refractivity contribution in [2.75, 3.05) is 25.2 Å². The van der Waals surface area contributed by atoms with E-state index in [9.17, 15) is 19.1 Å². The fraction of sp³-hybridized carbons (Fsp3) is 0.148. The van der Waals surface area contributed by atoms with Crippen LogP contribution in [0.2, 0.25) is 0 Å². The molecule has 1 N–H and O–H groups in total. The maximum atomic E-state index is 13.8. The van der Waals surface area contributed by atoms with Crippen LogP contribution in [0.15, 0.2) is 66.2 Å². The van der Waals surface area contributed by atoms with Gasteiger partial charge >= 0.3 is 5.91 Å². The molecule has 186 valence electrons. The highest BCUT2D eigenvalue weighted by Crippen LogP contribution is 2.45. The van der Waals surface area contributed by atoms with Gasteiger partial charge in [0.05, 0.1) is 28.9 Å². The third kappa shape index (κ3) is 3.86. The third-order valence-electron chi connectivity index (χ3n) is 6.21. The van der Waals surface area contributed by atoms with E-state index < -0.39 is 23.5 Å². The van der Waals surface area contributed by atoms with Crippen LogP contribution in [-0.4, -0.2) is 42.1 Å². The molecule has 0 radical (unpaired) electrons. The molecule has 8 nitrogen and oxygen atoms in total. The molecule has 3 aromatic carbocycles. The molecule has 0 spiro atoms. The number of ketones is 1. The number of amides is 1. The number of carbonyl (C=O) groups excluding carboxylic acids is 2. The fourth-order valence-corrected chi connectivity index (χ4v) is 5.51. The molecule has 37 heavy (non-hydrogen) atoms. The van der Waals surface area contributed by atoms with Gasteiger partial charge in [0, 0.05) is 5.56 Å². The molecule has 1 unspecified atom stereocenters. The molecule has 6 rings (SSSR count). The minimum absolute atomic E-state index is 0.111. The van der Waals surface area contributed by atoms with Crippen LogP contribution in [0.1, 0.15) is 17.2 Å². The second kappa shape index (κ2) is 8.90. The molecule has 0 aliphatic carbocycles. The lowest BCUT2D eigenvalue weighted by atomic mass is 9.95. The van der Waals surface area contributed by atoms with Gasteiger partial charge in [0.1, 0.15) is 30.5 Å². The average molecular weight is 519 g/mol. The van der Waals surface area contributed by atoms with Crippen molar-refractivity contribution in [2.45, 2.75) is 6.04 Å². The van der Waals surface area contributed by atoms with Crippen LogP contribution in [-0.2, 0) is 9.59 Å². The topological polar surface area (TPSA) is 98.2 Å². The summed E-state index contributed by atoms with van der Waals surface area (Å²) in [5.41, 5.74) is 1.20. The van der Waals surface area contributed by atoms with Gasteiger partial charge in [0.25, 0.3) is 5.78 Å². The largest absolute Gasteiger partial charge is 0.507 e. The van der Waals surface area contributed by atoms with Crippen molar-refractivity contribution in [3.63, 3.8) is 0 Å². The Labute approximate surface area is 214 Å². The van der Waals surface area contributed by atoms with Crippen LogP contribution in [0, 0.1) is 5.82 Å². The second-order valence-electron chi connectivity index (χ2n) is 8.41. The molecule has 2 aliphatic heterocycles. The van der Waals surface area contributed by atoms with E-state index in [0.717, 1.165) is 11.3 Å². The van der Waals surface area contributed by atoms with Gasteiger partial charge < -0.3 is 19.3 Å². The van der Waals surface area contributed by atoms with E-state index in [1.807, 2.05) is 0 Å². The molecule has 4 aromatic rings. The van der Waals surface area contributed by atoms with Gasteiger partial charge in [-0.15, -0.1) is 0 Å². The van der Waals surface area contributed by atoms with E-state index in [-0.39, 0.29) is 16.5 Å². The Morgan fingerprint density at radius 1 is 1.08 bits per heavy atom. The van der Waals surface area contributed by atoms with Crippen LogP contribution in [0.3, 0.4) is 0 Å². The zero-order valence-electron chi connectivity index (χ0n) is 19.4. The number of Topliss-reactive ketones (excluding diaryl/α,β-unsaturated/α-hetero) is 1. The summed E-state index contributed by atoms with van der Waals surface area (Å²) >= 11 is 1.08. The summed E-state index contributed by atoms with van der Waals surface area (Å²) in [6.45, 7) is 0.759. The van der Waals surface area contributed by atoms with Gasteiger partial charge in [-0.2, -0.15) is 0 Å². The Kier molecular flexibility index (Phi) is 5.53. The van der Waals surface area contributed by atoms with E-state index in [0.29, 0.717) is 51.8 Å². The van der Waals surface area contributed by atoms with Crippen LogP contribution >= 0.6 is 11.3 Å². The summed E-state index contributed by atoms with van der Waals surface area (Å²) in [6.07, 6.45) is 0. The number of nitrogens with zero attached hydrogens (tertiary/aromatic N) is 2. The minimum Gasteiger partial charge on any atom is -0.507 e. The first-order chi connectivity index (χ1) is 17.9. The van der Waals surface area contributed by atoms with Crippen LogP contribution in [0.4, 0.5) is 9.52 Å². The van der Waals surface area contributed by atoms with Gasteiger partial charge in [-0.05, 0) is 54.1 Å². The molecular weight excluding hydrogens is 499 g/mol. The van der Waals surface area contributed by atoms with Crippen molar-refractivity contribution >= 4 is 44.1 Å². The number of thiazole rings is 1. The van der Waals surface area contributed by atoms with E-state index in [4.69, 9.17) is 14.2 Å². The quantitative estimate of drug-likeness (QED) is 0.235. The summed E-state index contributed by atoms with van der Waals surface area (Å²) in [7, 11) is 1.51. The summed E-state index contributed by atoms with van der Waals surface area (Å²) in [4.78, 5) is 32.6. The highest BCUT2D eigenvalue weighted by atomic mass is 32.1. The van der Waals surface area contributed by atoms with Crippen molar-refractivity contribution in [3.05, 3.63) is 83.2 Å². The summed E-state index contributed by atoms with van der Waals surface area (Å²) in [5.74, 6) is -1.07. The van der Waals surface area contributed by atoms with E-state index in [1.165, 1.54) is 30.2 Å². The van der Waals surface area contributed by atoms with Crippen LogP contribution < -0.4 is 19.1 Å². The normalized spacial score (nSPS) is 18.4. The Balaban J connectivity index is 1.55. The molecule has 2 aliphatic rings. The van der Waals surface area contributed by atoms with Gasteiger partial charge in [0.15, 0.2) is 16.6 Å². The molecule has 1 aromatic heterocycles. The minimum atomic E-state index is -1.01. The number of anilines is 1. The number of methoxy groups -OCH3 is 1. The maximum Gasteiger partial charge on any atom is 0.301 e. The fourth-order valence-electron chi connectivity index (χ4n) is 4.49. The standard InChI is InChI=1S/C27H19FN2O6S/c1-34-17-4-2-3-14(11-17)23-22(24(31)15-5-8-19-20(12-15)36-10-9-35-19)25(32)26(33)30(23)27-29-18-7-6-16(28)13-21(18)37-27/h2-8,11-13,23,31H,9-10H2,1H3/b24-22+. The average Bonchev–Trinajstić information content (AvgIpc) is 3.45. The predicted molar refractivity (Wildman–Crippen MR) is 135 cm³/mol. The Bertz CT molecular complexity index is 1610. The zero-order valence-corrected chi connectivity index (χ0v) is 20.3. The third-order valence-corrected chi connectivity index (χ3v) is 7.23. The molecule has 10 heteroatoms. The number of ether oxygens (including phenoxy) is 3. The number of aliphatic hydroxyl groups is 1. The lowest BCUT2D eigenvalue weighted by molar-refractivity contribution is -0.132. The first-order valence-electron chi connectivity index (χ1n) is 11.4. The summed E-state index contributed by atoms with van der Waals surface area (Å²) in [6, 6.07) is 14.8. The number of hydrogen-bond donors (Lipinski definition) is 1. The summed E-state index contributed by atoms with van der Waals surface area (Å²) < 4.78 is 30.9. The van der Waals surface area contributed by atoms with Gasteiger partial charge in [-0.25, -0.2) is 9.37 Å². The molecule has 1 amide bonds. The maximum absolute atomic E-state index is 13.8. The molecular formula is C27H19FN2O6S. The highest BCUT2D eigenvalue weighted by molar-refractivity contribution is 7.22. The van der Waals surface area contributed by atoms with Crippen molar-refractivity contribution < 1.29 is 33.3 Å². The first kappa shape index (κ1) is 23.0. The SMILES string of the molecule is COc1cccc(C2/C(=C(\O)c3ccc4c(c3)OCCO4)C(=O)C(=O)N2c2nc3ccc(F)cc3s2)c1. The molecule has 3 heterocycles. The Morgan fingerprint density at radius 3 is 2.70 bits per heavy atom. The molecule has 1 atom stereocenters. The number of benzene rings is 3. The number of aromatic nitrogens is 1. The zero-order chi connectivity index (χ0) is 25.7. The molecule has 0 saturated carbocycles.